The van der Waals surface area contributed by atoms with Crippen molar-refractivity contribution in [2.45, 2.75) is 70.6 Å². The number of benzene rings is 1. The van der Waals surface area contributed by atoms with Crippen LogP contribution in [-0.2, 0) is 9.53 Å². The number of hydrogen-bond donors (Lipinski definition) is 2. The molecule has 1 aromatic carbocycles. The molecule has 1 aliphatic heterocycles. The summed E-state index contributed by atoms with van der Waals surface area (Å²) >= 11 is 0. The van der Waals surface area contributed by atoms with Crippen LogP contribution in [0.3, 0.4) is 0 Å². The molecule has 7 nitrogen and oxygen atoms in total. The molecular weight excluding hydrogens is 557 g/mol. The summed E-state index contributed by atoms with van der Waals surface area (Å²) in [6.45, 7) is 7.57. The number of pyridine rings is 1. The molecule has 226 valence electrons. The minimum atomic E-state index is -0.989. The van der Waals surface area contributed by atoms with Gasteiger partial charge in [0.25, 0.3) is 5.91 Å². The largest absolute Gasteiger partial charge is 0.444 e. The van der Waals surface area contributed by atoms with Gasteiger partial charge in [-0.1, -0.05) is 19.1 Å². The molecule has 0 radical (unpaired) electrons. The maximum absolute atomic E-state index is 15.0. The van der Waals surface area contributed by atoms with Gasteiger partial charge in [0.15, 0.2) is 0 Å². The van der Waals surface area contributed by atoms with Gasteiger partial charge in [-0.25, -0.2) is 18.0 Å². The lowest BCUT2D eigenvalue weighted by molar-refractivity contribution is -0.113. The summed E-state index contributed by atoms with van der Waals surface area (Å²) in [5, 5.41) is 5.93. The van der Waals surface area contributed by atoms with Crippen molar-refractivity contribution in [2.24, 2.45) is 16.8 Å². The van der Waals surface area contributed by atoms with Crippen LogP contribution in [-0.4, -0.2) is 40.9 Å². The van der Waals surface area contributed by atoms with Crippen molar-refractivity contribution >= 4 is 29.5 Å². The molecule has 2 aliphatic carbocycles. The third-order valence-electron chi connectivity index (χ3n) is 7.85. The molecule has 2 amide bonds. The van der Waals surface area contributed by atoms with Gasteiger partial charge in [0.05, 0.1) is 29.4 Å². The quantitative estimate of drug-likeness (QED) is 0.390. The topological polar surface area (TPSA) is 92.7 Å². The third-order valence-corrected chi connectivity index (χ3v) is 7.85. The first-order chi connectivity index (χ1) is 20.4. The van der Waals surface area contributed by atoms with Crippen LogP contribution in [0.2, 0.25) is 0 Å². The fourth-order valence-corrected chi connectivity index (χ4v) is 6.11. The predicted octanol–water partition coefficient (Wildman–Crippen LogP) is 7.04. The Hall–Kier alpha value is -4.21. The Labute approximate surface area is 249 Å². The SMILES string of the molecule is C[C@@H]1C[C@H](NC(=O)OC(C)(C)C)C[C@H](c2ccncc2NC(=O)C2=CC=C(F)C3C=C(c4c(F)cccc4F)C=NC23)C1. The van der Waals surface area contributed by atoms with Crippen LogP contribution in [0.1, 0.15) is 64.0 Å². The molecule has 2 heterocycles. The Bertz CT molecular complexity index is 1520. The molecule has 0 saturated heterocycles. The lowest BCUT2D eigenvalue weighted by Crippen LogP contribution is -2.42. The van der Waals surface area contributed by atoms with Crippen LogP contribution in [0.4, 0.5) is 23.7 Å². The molecule has 2 unspecified atom stereocenters. The number of aliphatic imine (C=N–C) groups is 1. The standard InChI is InChI=1S/C33H35F3N4O3/c1-18-12-19(14-21(13-18)39-32(42)43-33(2,3)4)22-10-11-37-17-28(22)40-31(41)23-8-9-25(34)24-15-20(16-38-30(23)24)29-26(35)6-5-7-27(29)36/h5-11,15-19,21,24,30H,12-14H2,1-4H3,(H,39,42)(H,40,41)/t18-,19+,21-,24?,30?/m0/s1. The minimum absolute atomic E-state index is 0.0290. The van der Waals surface area contributed by atoms with Gasteiger partial charge < -0.3 is 15.4 Å². The first-order valence-corrected chi connectivity index (χ1v) is 14.4. The van der Waals surface area contributed by atoms with Crippen LogP contribution in [0.5, 0.6) is 0 Å². The number of fused-ring (bicyclic) bond motifs is 1. The van der Waals surface area contributed by atoms with Crippen LogP contribution in [0, 0.1) is 23.5 Å². The number of ether oxygens (including phenoxy) is 1. The summed E-state index contributed by atoms with van der Waals surface area (Å²) < 4.78 is 49.2. The first kappa shape index (κ1) is 30.3. The zero-order valence-electron chi connectivity index (χ0n) is 24.5. The number of nitrogens with one attached hydrogen (secondary N) is 2. The molecule has 0 spiro atoms. The van der Waals surface area contributed by atoms with E-state index in [0.717, 1.165) is 30.5 Å². The summed E-state index contributed by atoms with van der Waals surface area (Å²) in [5.41, 5.74) is 0.815. The van der Waals surface area contributed by atoms with Crippen molar-refractivity contribution in [3.8, 4) is 0 Å². The van der Waals surface area contributed by atoms with Crippen molar-refractivity contribution in [1.82, 2.24) is 10.3 Å². The molecule has 5 rings (SSSR count). The minimum Gasteiger partial charge on any atom is -0.444 e. The fourth-order valence-electron chi connectivity index (χ4n) is 6.11. The van der Waals surface area contributed by atoms with Crippen LogP contribution in [0.25, 0.3) is 5.57 Å². The van der Waals surface area contributed by atoms with Gasteiger partial charge in [-0.05, 0) is 87.8 Å². The molecule has 43 heavy (non-hydrogen) atoms. The number of hydrogen-bond acceptors (Lipinski definition) is 5. The first-order valence-electron chi connectivity index (χ1n) is 14.4. The highest BCUT2D eigenvalue weighted by atomic mass is 19.1. The van der Waals surface area contributed by atoms with Crippen LogP contribution < -0.4 is 10.6 Å². The van der Waals surface area contributed by atoms with Crippen molar-refractivity contribution in [1.29, 1.82) is 0 Å². The number of dihydropyridines is 1. The van der Waals surface area contributed by atoms with E-state index in [1.807, 2.05) is 26.8 Å². The Kier molecular flexibility index (Phi) is 8.57. The average Bonchev–Trinajstić information content (AvgIpc) is 2.92. The van der Waals surface area contributed by atoms with Crippen molar-refractivity contribution in [2.75, 3.05) is 5.32 Å². The number of carbonyl (C=O) groups is 2. The Morgan fingerprint density at radius 3 is 2.49 bits per heavy atom. The van der Waals surface area contributed by atoms with E-state index >= 15 is 0 Å². The molecule has 2 aromatic rings. The van der Waals surface area contributed by atoms with Gasteiger partial charge in [-0.3, -0.25) is 14.8 Å². The molecule has 1 fully saturated rings. The molecule has 10 heteroatoms. The molecule has 0 bridgehead atoms. The van der Waals surface area contributed by atoms with Crippen molar-refractivity contribution in [3.05, 3.63) is 89.0 Å². The summed E-state index contributed by atoms with van der Waals surface area (Å²) in [7, 11) is 0. The molecule has 1 aromatic heterocycles. The van der Waals surface area contributed by atoms with E-state index in [1.165, 1.54) is 30.5 Å². The number of amides is 2. The second-order valence-electron chi connectivity index (χ2n) is 12.4. The summed E-state index contributed by atoms with van der Waals surface area (Å²) in [6, 6.07) is 4.35. The molecule has 3 aliphatic rings. The zero-order chi connectivity index (χ0) is 30.9. The maximum Gasteiger partial charge on any atom is 0.407 e. The van der Waals surface area contributed by atoms with E-state index in [2.05, 4.69) is 27.5 Å². The second-order valence-corrected chi connectivity index (χ2v) is 12.4. The lowest BCUT2D eigenvalue weighted by Gasteiger charge is -2.35. The number of carbonyl (C=O) groups excluding carboxylic acids is 2. The van der Waals surface area contributed by atoms with Gasteiger partial charge in [0.1, 0.15) is 23.1 Å². The molecule has 1 saturated carbocycles. The van der Waals surface area contributed by atoms with Gasteiger partial charge >= 0.3 is 6.09 Å². The van der Waals surface area contributed by atoms with E-state index < -0.39 is 47.0 Å². The van der Waals surface area contributed by atoms with Crippen molar-refractivity contribution in [3.63, 3.8) is 0 Å². The molecular formula is C33H35F3N4O3. The summed E-state index contributed by atoms with van der Waals surface area (Å²) in [5.74, 6) is -3.26. The fraction of sp³-hybridized carbons (Fsp3) is 0.394. The Morgan fingerprint density at radius 1 is 1.02 bits per heavy atom. The number of nitrogens with zero attached hydrogens (tertiary/aromatic N) is 2. The van der Waals surface area contributed by atoms with Gasteiger partial charge in [-0.2, -0.15) is 0 Å². The summed E-state index contributed by atoms with van der Waals surface area (Å²) in [4.78, 5) is 34.6. The average molecular weight is 593 g/mol. The number of rotatable bonds is 5. The normalized spacial score (nSPS) is 25.1. The zero-order valence-corrected chi connectivity index (χ0v) is 24.5. The predicted molar refractivity (Wildman–Crippen MR) is 159 cm³/mol. The second kappa shape index (κ2) is 12.2. The summed E-state index contributed by atoms with van der Waals surface area (Å²) in [6.07, 6.45) is 10.3. The van der Waals surface area contributed by atoms with E-state index in [-0.39, 0.29) is 28.7 Å². The number of alkyl carbamates (subject to hydrolysis) is 1. The highest BCUT2D eigenvalue weighted by molar-refractivity contribution is 6.12. The van der Waals surface area contributed by atoms with E-state index in [0.29, 0.717) is 18.0 Å². The Balaban J connectivity index is 1.33. The van der Waals surface area contributed by atoms with Crippen LogP contribution >= 0.6 is 0 Å². The Morgan fingerprint density at radius 2 is 1.77 bits per heavy atom. The number of anilines is 1. The van der Waals surface area contributed by atoms with Gasteiger partial charge in [0.2, 0.25) is 0 Å². The monoisotopic (exact) mass is 592 g/mol. The maximum atomic E-state index is 15.0. The number of aromatic nitrogens is 1. The smallest absolute Gasteiger partial charge is 0.407 e. The lowest BCUT2D eigenvalue weighted by atomic mass is 9.76. The highest BCUT2D eigenvalue weighted by Crippen LogP contribution is 2.40. The molecule has 2 N–H and O–H groups in total. The van der Waals surface area contributed by atoms with Crippen LogP contribution in [0.15, 0.2) is 71.3 Å². The highest BCUT2D eigenvalue weighted by Gasteiger charge is 2.36. The third kappa shape index (κ3) is 6.89. The van der Waals surface area contributed by atoms with E-state index in [4.69, 9.17) is 4.74 Å². The van der Waals surface area contributed by atoms with E-state index in [1.54, 1.807) is 12.4 Å². The van der Waals surface area contributed by atoms with Gasteiger partial charge in [-0.15, -0.1) is 0 Å². The number of halogens is 3. The molecule has 5 atom stereocenters. The van der Waals surface area contributed by atoms with Gasteiger partial charge in [0, 0.05) is 29.6 Å². The number of allylic oxidation sites excluding steroid dienone is 3. The van der Waals surface area contributed by atoms with E-state index in [9.17, 15) is 22.8 Å². The van der Waals surface area contributed by atoms with Crippen molar-refractivity contribution < 1.29 is 27.5 Å².